The van der Waals surface area contributed by atoms with Gasteiger partial charge in [0.1, 0.15) is 0 Å². The number of unbranched alkanes of at least 4 members (excludes halogenated alkanes) is 24. The molecule has 0 spiro atoms. The number of nitrogens with two attached hydrogens (primary N) is 1. The number of hydrogen-bond donors (Lipinski definition) is 2. The van der Waals surface area contributed by atoms with Crippen LogP contribution < -0.4 is 9.86 Å². The van der Waals surface area contributed by atoms with Crippen LogP contribution in [0.5, 0.6) is 0 Å². The van der Waals surface area contributed by atoms with Gasteiger partial charge in [0.15, 0.2) is 0 Å². The first-order valence-electron chi connectivity index (χ1n) is 16.6. The van der Waals surface area contributed by atoms with Crippen LogP contribution in [0.2, 0.25) is 0 Å². The van der Waals surface area contributed by atoms with E-state index >= 15 is 0 Å². The van der Waals surface area contributed by atoms with Gasteiger partial charge in [0.2, 0.25) is 20.0 Å². The molecule has 0 heterocycles. The Morgan fingerprint density at radius 1 is 0.410 bits per heavy atom. The molecule has 0 aromatic heterocycles. The molecule has 0 amide bonds. The van der Waals surface area contributed by atoms with Crippen molar-refractivity contribution >= 4 is 20.0 Å². The lowest BCUT2D eigenvalue weighted by atomic mass is 10.0. The molecule has 0 saturated heterocycles. The first-order valence-corrected chi connectivity index (χ1v) is 20.0. The normalized spacial score (nSPS) is 11.9. The smallest absolute Gasteiger partial charge is 0.211 e. The Balaban J connectivity index is 0. The molecule has 6 nitrogen and oxygen atoms in total. The van der Waals surface area contributed by atoms with Crippen molar-refractivity contribution in [3.05, 3.63) is 0 Å². The highest BCUT2D eigenvalue weighted by Gasteiger charge is 2.05. The molecule has 39 heavy (non-hydrogen) atoms. The quantitative estimate of drug-likeness (QED) is 0.0840. The van der Waals surface area contributed by atoms with Gasteiger partial charge in [-0.1, -0.05) is 168 Å². The summed E-state index contributed by atoms with van der Waals surface area (Å²) in [5, 5.41) is 4.95. The maximum atomic E-state index is 11.2. The zero-order valence-corrected chi connectivity index (χ0v) is 28.0. The molecule has 0 saturated carbocycles. The van der Waals surface area contributed by atoms with E-state index in [9.17, 15) is 16.8 Å². The third kappa shape index (κ3) is 40.0. The Morgan fingerprint density at radius 2 is 0.641 bits per heavy atom. The van der Waals surface area contributed by atoms with Gasteiger partial charge in [-0.15, -0.1) is 0 Å². The third-order valence-corrected chi connectivity index (χ3v) is 9.67. The van der Waals surface area contributed by atoms with Gasteiger partial charge in [0.25, 0.3) is 0 Å². The van der Waals surface area contributed by atoms with Crippen LogP contribution in [0.3, 0.4) is 0 Å². The van der Waals surface area contributed by atoms with Crippen LogP contribution in [0.1, 0.15) is 181 Å². The maximum absolute atomic E-state index is 11.2. The van der Waals surface area contributed by atoms with Gasteiger partial charge in [0.05, 0.1) is 11.5 Å². The molecule has 3 N–H and O–H groups in total. The van der Waals surface area contributed by atoms with Crippen molar-refractivity contribution in [1.29, 1.82) is 0 Å². The van der Waals surface area contributed by atoms with Gasteiger partial charge < -0.3 is 0 Å². The number of rotatable bonds is 29. The monoisotopic (exact) mass is 596 g/mol. The Morgan fingerprint density at radius 3 is 0.872 bits per heavy atom. The summed E-state index contributed by atoms with van der Waals surface area (Å²) in [5.74, 6) is 0.423. The second-order valence-corrected chi connectivity index (χ2v) is 15.2. The third-order valence-electron chi connectivity index (χ3n) is 7.36. The molecule has 0 unspecified atom stereocenters. The average molecular weight is 597 g/mol. The van der Waals surface area contributed by atoms with Gasteiger partial charge in [-0.05, 0) is 19.9 Å². The summed E-state index contributed by atoms with van der Waals surface area (Å²) in [6.45, 7) is 4.51. The highest BCUT2D eigenvalue weighted by atomic mass is 32.2. The van der Waals surface area contributed by atoms with Crippen molar-refractivity contribution in [2.24, 2.45) is 5.14 Å². The molecule has 0 aromatic carbocycles. The number of hydrogen-bond acceptors (Lipinski definition) is 4. The van der Waals surface area contributed by atoms with Gasteiger partial charge >= 0.3 is 0 Å². The second-order valence-electron chi connectivity index (χ2n) is 11.4. The molecule has 0 fully saturated rings. The van der Waals surface area contributed by atoms with Gasteiger partial charge in [-0.25, -0.2) is 26.7 Å². The van der Waals surface area contributed by atoms with Gasteiger partial charge in [-0.3, -0.25) is 0 Å². The van der Waals surface area contributed by atoms with Crippen molar-refractivity contribution in [1.82, 2.24) is 4.72 Å². The summed E-state index contributed by atoms with van der Waals surface area (Å²) in [4.78, 5) is 0. The minimum absolute atomic E-state index is 0.144. The fourth-order valence-corrected chi connectivity index (χ4v) is 6.13. The molecule has 0 bridgehead atoms. The van der Waals surface area contributed by atoms with Crippen LogP contribution in [0, 0.1) is 0 Å². The van der Waals surface area contributed by atoms with E-state index in [1.165, 1.54) is 142 Å². The van der Waals surface area contributed by atoms with E-state index in [4.69, 9.17) is 5.14 Å². The summed E-state index contributed by atoms with van der Waals surface area (Å²) in [5.41, 5.74) is 0. The van der Waals surface area contributed by atoms with Crippen molar-refractivity contribution in [3.8, 4) is 0 Å². The van der Waals surface area contributed by atoms with E-state index in [2.05, 4.69) is 18.6 Å². The lowest BCUT2D eigenvalue weighted by molar-refractivity contribution is 0.537. The lowest BCUT2D eigenvalue weighted by Crippen LogP contribution is -2.21. The van der Waals surface area contributed by atoms with E-state index in [1.54, 1.807) is 0 Å². The zero-order chi connectivity index (χ0) is 29.5. The summed E-state index contributed by atoms with van der Waals surface area (Å²) in [7, 11) is -4.74. The van der Waals surface area contributed by atoms with Crippen LogP contribution in [0.4, 0.5) is 0 Å². The van der Waals surface area contributed by atoms with E-state index in [-0.39, 0.29) is 11.5 Å². The van der Waals surface area contributed by atoms with Crippen LogP contribution in [-0.4, -0.2) is 35.4 Å². The van der Waals surface area contributed by atoms with Crippen LogP contribution in [0.15, 0.2) is 0 Å². The van der Waals surface area contributed by atoms with Crippen molar-refractivity contribution in [2.75, 3.05) is 18.6 Å². The molecular weight excluding hydrogens is 528 g/mol. The average Bonchev–Trinajstić information content (AvgIpc) is 2.89. The molecule has 238 valence electrons. The molecule has 0 rings (SSSR count). The first-order chi connectivity index (χ1) is 18.7. The number of sulfonamides is 2. The number of primary sulfonamides is 1. The molecule has 0 aliphatic rings. The van der Waals surface area contributed by atoms with E-state index in [1.807, 2.05) is 0 Å². The van der Waals surface area contributed by atoms with E-state index in [0.717, 1.165) is 32.1 Å². The van der Waals surface area contributed by atoms with Gasteiger partial charge in [0, 0.05) is 0 Å². The van der Waals surface area contributed by atoms with E-state index < -0.39 is 20.0 Å². The Labute approximate surface area is 245 Å². The highest BCUT2D eigenvalue weighted by molar-refractivity contribution is 7.89. The molecular formula is C31H68N2O4S2. The summed E-state index contributed by atoms with van der Waals surface area (Å²) in [6.07, 6.45) is 33.0. The number of nitrogens with one attached hydrogen (secondary N) is 1. The molecule has 0 aliphatic carbocycles. The Hall–Kier alpha value is -0.180. The molecule has 0 radical (unpaired) electrons. The Kier molecular flexibility index (Phi) is 32.3. The molecule has 8 heteroatoms. The van der Waals surface area contributed by atoms with E-state index in [0.29, 0.717) is 0 Å². The summed E-state index contributed by atoms with van der Waals surface area (Å²) < 4.78 is 46.1. The standard InChI is InChI=1S/C16H35NO2S.C15H33NO2S/c1-2-3-4-5-6-7-8-9-10-11-12-13-14-15-16-20(17,18)19;1-3-4-5-6-7-8-9-10-11-12-13-14-15-19(17,18)16-2/h2-16H2,1H3,(H2,17,18,19);16H,3-15H2,1-2H3. The van der Waals surface area contributed by atoms with Crippen LogP contribution in [0.25, 0.3) is 0 Å². The van der Waals surface area contributed by atoms with Crippen LogP contribution in [-0.2, 0) is 20.0 Å². The molecule has 0 atom stereocenters. The minimum atomic E-state index is -3.24. The predicted molar refractivity (Wildman–Crippen MR) is 172 cm³/mol. The summed E-state index contributed by atoms with van der Waals surface area (Å²) in [6, 6.07) is 0. The van der Waals surface area contributed by atoms with Crippen LogP contribution >= 0.6 is 0 Å². The first kappa shape index (κ1) is 41.0. The maximum Gasteiger partial charge on any atom is 0.211 e. The SMILES string of the molecule is CCCCCCCCCCCCCCCCS(N)(=O)=O.CCCCCCCCCCCCCCS(=O)(=O)NC. The Bertz CT molecular complexity index is 683. The lowest BCUT2D eigenvalue weighted by Gasteiger charge is -2.03. The molecule has 0 aromatic rings. The summed E-state index contributed by atoms with van der Waals surface area (Å²) >= 11 is 0. The van der Waals surface area contributed by atoms with Crippen molar-refractivity contribution < 1.29 is 16.8 Å². The fraction of sp³-hybridized carbons (Fsp3) is 1.00. The zero-order valence-electron chi connectivity index (χ0n) is 26.3. The van der Waals surface area contributed by atoms with Crippen molar-refractivity contribution in [2.45, 2.75) is 181 Å². The largest absolute Gasteiger partial charge is 0.229 e. The highest BCUT2D eigenvalue weighted by Crippen LogP contribution is 2.14. The predicted octanol–water partition coefficient (Wildman–Crippen LogP) is 8.99. The fourth-order valence-electron chi connectivity index (χ4n) is 4.73. The second kappa shape index (κ2) is 30.8. The minimum Gasteiger partial charge on any atom is -0.229 e. The molecule has 0 aliphatic heterocycles. The topological polar surface area (TPSA) is 106 Å². The van der Waals surface area contributed by atoms with Crippen molar-refractivity contribution in [3.63, 3.8) is 0 Å². The van der Waals surface area contributed by atoms with Gasteiger partial charge in [-0.2, -0.15) is 0 Å².